The van der Waals surface area contributed by atoms with Gasteiger partial charge in [-0.15, -0.1) is 11.3 Å². The van der Waals surface area contributed by atoms with E-state index < -0.39 is 0 Å². The number of aromatic nitrogens is 1. The largest absolute Gasteiger partial charge is 0.497 e. The molecule has 2 heterocycles. The number of methoxy groups -OCH3 is 2. The minimum atomic E-state index is -0.368. The number of hydrogen-bond donors (Lipinski definition) is 2. The van der Waals surface area contributed by atoms with E-state index in [4.69, 9.17) is 14.2 Å². The molecule has 0 atom stereocenters. The Morgan fingerprint density at radius 3 is 2.45 bits per heavy atom. The number of piperazine rings is 1. The maximum atomic E-state index is 12.5. The van der Waals surface area contributed by atoms with E-state index in [0.29, 0.717) is 60.8 Å². The molecule has 2 N–H and O–H groups in total. The van der Waals surface area contributed by atoms with E-state index in [1.165, 1.54) is 18.4 Å². The predicted octanol–water partition coefficient (Wildman–Crippen LogP) is 2.65. The van der Waals surface area contributed by atoms with Crippen LogP contribution in [0, 0.1) is 0 Å². The third-order valence-electron chi connectivity index (χ3n) is 4.88. The van der Waals surface area contributed by atoms with Gasteiger partial charge in [0.25, 0.3) is 0 Å². The lowest BCUT2D eigenvalue weighted by molar-refractivity contribution is -0.115. The lowest BCUT2D eigenvalue weighted by Gasteiger charge is -2.33. The van der Waals surface area contributed by atoms with Gasteiger partial charge in [0.1, 0.15) is 11.5 Å². The van der Waals surface area contributed by atoms with E-state index in [1.807, 2.05) is 0 Å². The van der Waals surface area contributed by atoms with Crippen LogP contribution in [0.15, 0.2) is 23.6 Å². The number of rotatable bonds is 7. The molecule has 4 amide bonds. The molecule has 0 spiro atoms. The van der Waals surface area contributed by atoms with Crippen molar-refractivity contribution in [1.82, 2.24) is 14.8 Å². The summed E-state index contributed by atoms with van der Waals surface area (Å²) < 4.78 is 15.4. The van der Waals surface area contributed by atoms with Crippen LogP contribution in [0.25, 0.3) is 0 Å². The molecule has 1 aliphatic rings. The minimum absolute atomic E-state index is 0.0414. The van der Waals surface area contributed by atoms with Crippen molar-refractivity contribution in [2.45, 2.75) is 13.3 Å². The van der Waals surface area contributed by atoms with Gasteiger partial charge >= 0.3 is 12.1 Å². The van der Waals surface area contributed by atoms with Gasteiger partial charge in [-0.1, -0.05) is 0 Å². The van der Waals surface area contributed by atoms with Gasteiger partial charge in [-0.3, -0.25) is 10.1 Å². The molecular weight excluding hydrogens is 450 g/mol. The molecule has 1 aromatic carbocycles. The second-order valence-electron chi connectivity index (χ2n) is 7.04. The Morgan fingerprint density at radius 2 is 1.79 bits per heavy atom. The zero-order valence-corrected chi connectivity index (χ0v) is 19.6. The third-order valence-corrected chi connectivity index (χ3v) is 5.69. The topological polar surface area (TPSA) is 122 Å². The number of nitrogens with one attached hydrogen (secondary N) is 2. The number of hydrogen-bond acceptors (Lipinski definition) is 8. The lowest BCUT2D eigenvalue weighted by atomic mass is 10.2. The fourth-order valence-electron chi connectivity index (χ4n) is 3.18. The Hall–Kier alpha value is -3.54. The van der Waals surface area contributed by atoms with E-state index in [2.05, 4.69) is 15.6 Å². The Bertz CT molecular complexity index is 989. The van der Waals surface area contributed by atoms with Crippen molar-refractivity contribution in [3.05, 3.63) is 29.3 Å². The predicted molar refractivity (Wildman–Crippen MR) is 123 cm³/mol. The molecule has 0 saturated carbocycles. The molecule has 0 bridgehead atoms. The van der Waals surface area contributed by atoms with Gasteiger partial charge in [0.05, 0.1) is 38.6 Å². The first kappa shape index (κ1) is 24.1. The first-order valence-corrected chi connectivity index (χ1v) is 11.2. The number of carbonyl (C=O) groups is 3. The summed E-state index contributed by atoms with van der Waals surface area (Å²) in [6.45, 7) is 3.68. The molecule has 33 heavy (non-hydrogen) atoms. The molecule has 1 fully saturated rings. The number of benzene rings is 1. The van der Waals surface area contributed by atoms with Crippen molar-refractivity contribution >= 4 is 40.2 Å². The van der Waals surface area contributed by atoms with Gasteiger partial charge in [0, 0.05) is 37.6 Å². The van der Waals surface area contributed by atoms with Gasteiger partial charge < -0.3 is 29.3 Å². The zero-order chi connectivity index (χ0) is 23.8. The first-order valence-electron chi connectivity index (χ1n) is 10.4. The smallest absolute Gasteiger partial charge is 0.409 e. The highest BCUT2D eigenvalue weighted by Gasteiger charge is 2.25. The molecule has 1 aromatic heterocycles. The second-order valence-corrected chi connectivity index (χ2v) is 7.90. The molecule has 12 heteroatoms. The average molecular weight is 478 g/mol. The Labute approximate surface area is 195 Å². The third kappa shape index (κ3) is 6.48. The van der Waals surface area contributed by atoms with Crippen molar-refractivity contribution in [1.29, 1.82) is 0 Å². The SMILES string of the molecule is CCOC(=O)N1CCN(C(=O)Nc2nc(CC(=O)Nc3ccc(OC)cc3OC)cs2)CC1. The standard InChI is InChI=1S/C21H27N5O6S/c1-4-32-21(29)26-9-7-25(8-10-26)20(28)24-19-22-14(13-33-19)11-18(27)23-16-6-5-15(30-2)12-17(16)31-3/h5-6,12-13H,4,7-11H2,1-3H3,(H,23,27)(H,22,24,28). The van der Waals surface area contributed by atoms with E-state index in [9.17, 15) is 14.4 Å². The fraction of sp³-hybridized carbons (Fsp3) is 0.429. The van der Waals surface area contributed by atoms with Crippen LogP contribution in [0.3, 0.4) is 0 Å². The summed E-state index contributed by atoms with van der Waals surface area (Å²) in [6, 6.07) is 4.80. The summed E-state index contributed by atoms with van der Waals surface area (Å²) in [5.74, 6) is 0.834. The quantitative estimate of drug-likeness (QED) is 0.629. The molecule has 0 radical (unpaired) electrons. The first-order chi connectivity index (χ1) is 15.9. The highest BCUT2D eigenvalue weighted by atomic mass is 32.1. The summed E-state index contributed by atoms with van der Waals surface area (Å²) in [7, 11) is 3.06. The van der Waals surface area contributed by atoms with Crippen LogP contribution in [-0.2, 0) is 16.0 Å². The van der Waals surface area contributed by atoms with Crippen molar-refractivity contribution in [3.8, 4) is 11.5 Å². The van der Waals surface area contributed by atoms with Crippen LogP contribution in [0.1, 0.15) is 12.6 Å². The van der Waals surface area contributed by atoms with Gasteiger partial charge in [-0.2, -0.15) is 0 Å². The summed E-state index contributed by atoms with van der Waals surface area (Å²) in [5.41, 5.74) is 1.06. The van der Waals surface area contributed by atoms with Crippen LogP contribution in [0.5, 0.6) is 11.5 Å². The van der Waals surface area contributed by atoms with Gasteiger partial charge in [0.15, 0.2) is 5.13 Å². The molecule has 1 aliphatic heterocycles. The Balaban J connectivity index is 1.49. The molecular formula is C21H27N5O6S. The number of nitrogens with zero attached hydrogens (tertiary/aromatic N) is 3. The summed E-state index contributed by atoms with van der Waals surface area (Å²) >= 11 is 1.24. The van der Waals surface area contributed by atoms with E-state index in [0.717, 1.165) is 0 Å². The highest BCUT2D eigenvalue weighted by Crippen LogP contribution is 2.29. The molecule has 0 aliphatic carbocycles. The zero-order valence-electron chi connectivity index (χ0n) is 18.8. The van der Waals surface area contributed by atoms with Gasteiger partial charge in [0.2, 0.25) is 5.91 Å². The number of urea groups is 1. The molecule has 2 aromatic rings. The van der Waals surface area contributed by atoms with Crippen LogP contribution in [0.2, 0.25) is 0 Å². The number of ether oxygens (including phenoxy) is 3. The summed E-state index contributed by atoms with van der Waals surface area (Å²) in [5, 5.41) is 7.66. The van der Waals surface area contributed by atoms with Crippen LogP contribution < -0.4 is 20.1 Å². The van der Waals surface area contributed by atoms with E-state index in [-0.39, 0.29) is 24.5 Å². The summed E-state index contributed by atoms with van der Waals surface area (Å²) in [4.78, 5) is 44.2. The normalized spacial score (nSPS) is 13.3. The van der Waals surface area contributed by atoms with Crippen molar-refractivity contribution in [2.75, 3.05) is 57.6 Å². The Morgan fingerprint density at radius 1 is 1.06 bits per heavy atom. The molecule has 178 valence electrons. The molecule has 1 saturated heterocycles. The van der Waals surface area contributed by atoms with Crippen LogP contribution >= 0.6 is 11.3 Å². The monoisotopic (exact) mass is 477 g/mol. The van der Waals surface area contributed by atoms with Crippen LogP contribution in [0.4, 0.5) is 20.4 Å². The lowest BCUT2D eigenvalue weighted by Crippen LogP contribution is -2.51. The molecule has 11 nitrogen and oxygen atoms in total. The second kappa shape index (κ2) is 11.4. The number of anilines is 2. The Kier molecular flexibility index (Phi) is 8.30. The highest BCUT2D eigenvalue weighted by molar-refractivity contribution is 7.13. The van der Waals surface area contributed by atoms with Crippen molar-refractivity contribution < 1.29 is 28.6 Å². The molecule has 0 unspecified atom stereocenters. The van der Waals surface area contributed by atoms with Crippen LogP contribution in [-0.4, -0.2) is 79.8 Å². The van der Waals surface area contributed by atoms with Gasteiger partial charge in [-0.05, 0) is 19.1 Å². The maximum absolute atomic E-state index is 12.5. The summed E-state index contributed by atoms with van der Waals surface area (Å²) in [6.07, 6.45) is -0.326. The maximum Gasteiger partial charge on any atom is 0.409 e. The minimum Gasteiger partial charge on any atom is -0.497 e. The number of carbonyl (C=O) groups excluding carboxylic acids is 3. The number of thiazole rings is 1. The average Bonchev–Trinajstić information content (AvgIpc) is 3.25. The van der Waals surface area contributed by atoms with Crippen molar-refractivity contribution in [3.63, 3.8) is 0 Å². The van der Waals surface area contributed by atoms with Gasteiger partial charge in [-0.25, -0.2) is 14.6 Å². The fourth-order valence-corrected chi connectivity index (χ4v) is 3.88. The van der Waals surface area contributed by atoms with Crippen molar-refractivity contribution in [2.24, 2.45) is 0 Å². The van der Waals surface area contributed by atoms with E-state index in [1.54, 1.807) is 47.4 Å². The van der Waals surface area contributed by atoms with E-state index >= 15 is 0 Å². The molecule has 3 rings (SSSR count). The number of amides is 4.